The van der Waals surface area contributed by atoms with Crippen LogP contribution in [0.15, 0.2) is 30.7 Å². The topological polar surface area (TPSA) is 71.0 Å². The fourth-order valence-electron chi connectivity index (χ4n) is 4.50. The Bertz CT molecular complexity index is 1010. The lowest BCUT2D eigenvalue weighted by Gasteiger charge is -2.32. The Kier molecular flexibility index (Phi) is 13.2. The standard InChI is InChI=1S/C27H41ClFN5O.2BrH/c1-7-8-22(32-21-12-10-18-9-11-19(28)13-20(18)24(21)29)25(35)33-23-14-34(17-31-23)27(5,6)16-30-15-26(2,3)4;;/h9,11,13-14,17,21-22,24,30,32H,7-8,10,12,15-16H2,1-6H3,(H,33,35);2*1H/t21?,22-,24-;;/m0../s1. The van der Waals surface area contributed by atoms with Gasteiger partial charge in [-0.2, -0.15) is 0 Å². The summed E-state index contributed by atoms with van der Waals surface area (Å²) in [4.78, 5) is 17.6. The van der Waals surface area contributed by atoms with Gasteiger partial charge in [0, 0.05) is 30.4 Å². The second-order valence-corrected chi connectivity index (χ2v) is 12.0. The zero-order valence-corrected chi connectivity index (χ0v) is 26.9. The molecule has 6 nitrogen and oxygen atoms in total. The van der Waals surface area contributed by atoms with E-state index in [4.69, 9.17) is 11.6 Å². The maximum Gasteiger partial charge on any atom is 0.242 e. The highest BCUT2D eigenvalue weighted by atomic mass is 79.9. The summed E-state index contributed by atoms with van der Waals surface area (Å²) < 4.78 is 17.4. The van der Waals surface area contributed by atoms with Gasteiger partial charge in [-0.15, -0.1) is 34.0 Å². The molecule has 3 atom stereocenters. The molecule has 2 aromatic rings. The van der Waals surface area contributed by atoms with Crippen LogP contribution in [0.1, 0.15) is 78.1 Å². The van der Waals surface area contributed by atoms with Gasteiger partial charge in [-0.25, -0.2) is 9.37 Å². The molecule has 0 spiro atoms. The summed E-state index contributed by atoms with van der Waals surface area (Å²) in [5.74, 6) is 0.309. The lowest BCUT2D eigenvalue weighted by molar-refractivity contribution is -0.118. The van der Waals surface area contributed by atoms with Crippen LogP contribution in [-0.4, -0.2) is 40.6 Å². The molecule has 1 aromatic carbocycles. The van der Waals surface area contributed by atoms with E-state index in [1.54, 1.807) is 18.5 Å². The van der Waals surface area contributed by atoms with Crippen molar-refractivity contribution < 1.29 is 9.18 Å². The smallest absolute Gasteiger partial charge is 0.242 e. The van der Waals surface area contributed by atoms with Gasteiger partial charge in [0.15, 0.2) is 5.82 Å². The minimum atomic E-state index is -1.20. The maximum atomic E-state index is 15.3. The van der Waals surface area contributed by atoms with Gasteiger partial charge in [0.25, 0.3) is 0 Å². The van der Waals surface area contributed by atoms with E-state index in [-0.39, 0.29) is 50.8 Å². The minimum absolute atomic E-state index is 0. The number of imidazole rings is 1. The molecule has 1 aromatic heterocycles. The molecule has 0 bridgehead atoms. The second kappa shape index (κ2) is 14.4. The number of hydrogen-bond acceptors (Lipinski definition) is 4. The fourth-order valence-corrected chi connectivity index (χ4v) is 4.68. The summed E-state index contributed by atoms with van der Waals surface area (Å²) in [5, 5.41) is 10.3. The Labute approximate surface area is 247 Å². The summed E-state index contributed by atoms with van der Waals surface area (Å²) in [7, 11) is 0. The van der Waals surface area contributed by atoms with Crippen molar-refractivity contribution in [2.75, 3.05) is 18.4 Å². The molecule has 1 amide bonds. The zero-order chi connectivity index (χ0) is 25.8. The van der Waals surface area contributed by atoms with Crippen LogP contribution in [0.4, 0.5) is 10.2 Å². The lowest BCUT2D eigenvalue weighted by Crippen LogP contribution is -2.48. The molecule has 1 aliphatic carbocycles. The van der Waals surface area contributed by atoms with E-state index in [1.165, 1.54) is 0 Å². The lowest BCUT2D eigenvalue weighted by atomic mass is 9.86. The van der Waals surface area contributed by atoms with Crippen LogP contribution in [0.2, 0.25) is 5.02 Å². The van der Waals surface area contributed by atoms with Crippen LogP contribution < -0.4 is 16.0 Å². The van der Waals surface area contributed by atoms with Crippen molar-refractivity contribution in [3.8, 4) is 0 Å². The molecule has 1 unspecified atom stereocenters. The summed E-state index contributed by atoms with van der Waals surface area (Å²) in [6.45, 7) is 14.6. The van der Waals surface area contributed by atoms with Crippen molar-refractivity contribution in [3.05, 3.63) is 46.9 Å². The molecule has 0 aliphatic heterocycles. The largest absolute Gasteiger partial charge is 0.328 e. The third-order valence-corrected chi connectivity index (χ3v) is 6.77. The van der Waals surface area contributed by atoms with Gasteiger partial charge in [-0.3, -0.25) is 10.1 Å². The van der Waals surface area contributed by atoms with Gasteiger partial charge in [0.05, 0.1) is 17.9 Å². The van der Waals surface area contributed by atoms with Crippen molar-refractivity contribution in [1.82, 2.24) is 20.2 Å². The molecule has 3 N–H and O–H groups in total. The Morgan fingerprint density at radius 1 is 1.22 bits per heavy atom. The van der Waals surface area contributed by atoms with Gasteiger partial charge < -0.3 is 15.2 Å². The number of carbonyl (C=O) groups is 1. The molecule has 37 heavy (non-hydrogen) atoms. The first kappa shape index (κ1) is 34.0. The van der Waals surface area contributed by atoms with Gasteiger partial charge in [0.2, 0.25) is 5.91 Å². The molecule has 1 aliphatic rings. The molecule has 0 fully saturated rings. The second-order valence-electron chi connectivity index (χ2n) is 11.5. The Balaban J connectivity index is 0.00000342. The van der Waals surface area contributed by atoms with Gasteiger partial charge in [-0.1, -0.05) is 51.8 Å². The Morgan fingerprint density at radius 2 is 1.92 bits per heavy atom. The number of aromatic nitrogens is 2. The van der Waals surface area contributed by atoms with Crippen LogP contribution in [0.25, 0.3) is 0 Å². The summed E-state index contributed by atoms with van der Waals surface area (Å²) in [6.07, 6.45) is 5.21. The van der Waals surface area contributed by atoms with E-state index in [0.29, 0.717) is 29.2 Å². The van der Waals surface area contributed by atoms with Crippen LogP contribution in [0, 0.1) is 5.41 Å². The first-order valence-corrected chi connectivity index (χ1v) is 13.0. The highest BCUT2D eigenvalue weighted by molar-refractivity contribution is 8.93. The first-order valence-electron chi connectivity index (χ1n) is 12.6. The number of benzene rings is 1. The van der Waals surface area contributed by atoms with Crippen LogP contribution in [0.3, 0.4) is 0 Å². The number of hydrogen-bond donors (Lipinski definition) is 3. The van der Waals surface area contributed by atoms with Crippen molar-refractivity contribution in [1.29, 1.82) is 0 Å². The van der Waals surface area contributed by atoms with Crippen LogP contribution in [0.5, 0.6) is 0 Å². The molecular weight excluding hydrogens is 625 g/mol. The Morgan fingerprint density at radius 3 is 2.57 bits per heavy atom. The van der Waals surface area contributed by atoms with Gasteiger partial charge in [-0.05, 0) is 61.8 Å². The molecule has 0 saturated heterocycles. The maximum absolute atomic E-state index is 15.3. The van der Waals surface area contributed by atoms with Crippen molar-refractivity contribution in [3.63, 3.8) is 0 Å². The number of aryl methyl sites for hydroxylation is 1. The third-order valence-electron chi connectivity index (χ3n) is 6.54. The molecule has 0 saturated carbocycles. The van der Waals surface area contributed by atoms with Gasteiger partial charge in [0.1, 0.15) is 6.17 Å². The van der Waals surface area contributed by atoms with E-state index < -0.39 is 18.3 Å². The molecule has 0 radical (unpaired) electrons. The normalized spacial score (nSPS) is 18.3. The number of amides is 1. The van der Waals surface area contributed by atoms with E-state index in [2.05, 4.69) is 55.6 Å². The van der Waals surface area contributed by atoms with Gasteiger partial charge >= 0.3 is 0 Å². The highest BCUT2D eigenvalue weighted by Gasteiger charge is 2.33. The fraction of sp³-hybridized carbons (Fsp3) is 0.630. The summed E-state index contributed by atoms with van der Waals surface area (Å²) >= 11 is 6.10. The minimum Gasteiger partial charge on any atom is -0.328 e. The molecule has 10 heteroatoms. The molecule has 1 heterocycles. The van der Waals surface area contributed by atoms with Crippen molar-refractivity contribution >= 4 is 57.3 Å². The van der Waals surface area contributed by atoms with Crippen molar-refractivity contribution in [2.24, 2.45) is 5.41 Å². The van der Waals surface area contributed by atoms with E-state index in [0.717, 1.165) is 31.5 Å². The zero-order valence-electron chi connectivity index (χ0n) is 22.7. The summed E-state index contributed by atoms with van der Waals surface area (Å²) in [6, 6.07) is 4.46. The number of fused-ring (bicyclic) bond motifs is 1. The van der Waals surface area contributed by atoms with Crippen LogP contribution >= 0.6 is 45.6 Å². The highest BCUT2D eigenvalue weighted by Crippen LogP contribution is 2.35. The average molecular weight is 668 g/mol. The first-order chi connectivity index (χ1) is 16.4. The molecule has 3 rings (SSSR count). The Hall–Kier alpha value is -1.00. The average Bonchev–Trinajstić information content (AvgIpc) is 3.24. The van der Waals surface area contributed by atoms with E-state index in [1.807, 2.05) is 23.8 Å². The molecular formula is C27H43Br2ClFN5O. The van der Waals surface area contributed by atoms with Crippen LogP contribution in [-0.2, 0) is 16.8 Å². The monoisotopic (exact) mass is 665 g/mol. The SMILES string of the molecule is Br.Br.CCC[C@H](NC1CCc2ccc(Cl)cc2[C@@H]1F)C(=O)Nc1cn(C(C)(C)CNCC(C)(C)C)cn1. The number of carbonyl (C=O) groups excluding carboxylic acids is 1. The predicted molar refractivity (Wildman–Crippen MR) is 162 cm³/mol. The quantitative estimate of drug-likeness (QED) is 0.261. The number of nitrogens with zero attached hydrogens (tertiary/aromatic N) is 2. The number of alkyl halides is 1. The number of rotatable bonds is 10. The number of halogens is 4. The molecule has 210 valence electrons. The predicted octanol–water partition coefficient (Wildman–Crippen LogP) is 6.79. The third kappa shape index (κ3) is 9.60. The summed E-state index contributed by atoms with van der Waals surface area (Å²) in [5.41, 5.74) is 1.61. The number of anilines is 1. The van der Waals surface area contributed by atoms with E-state index in [9.17, 15) is 4.79 Å². The van der Waals surface area contributed by atoms with Crippen molar-refractivity contribution in [2.45, 2.75) is 91.0 Å². The number of nitrogens with one attached hydrogen (secondary N) is 3. The van der Waals surface area contributed by atoms with E-state index >= 15 is 4.39 Å².